The lowest BCUT2D eigenvalue weighted by atomic mass is 10.2. The van der Waals surface area contributed by atoms with Gasteiger partial charge in [0.2, 0.25) is 0 Å². The van der Waals surface area contributed by atoms with Gasteiger partial charge in [-0.2, -0.15) is 0 Å². The third-order valence-corrected chi connectivity index (χ3v) is 3.64. The van der Waals surface area contributed by atoms with E-state index in [0.717, 1.165) is 17.5 Å². The molecule has 0 spiro atoms. The first-order valence-electron chi connectivity index (χ1n) is 7.56. The van der Waals surface area contributed by atoms with Crippen LogP contribution in [0.3, 0.4) is 0 Å². The molecule has 3 rings (SSSR count). The van der Waals surface area contributed by atoms with E-state index in [1.54, 1.807) is 24.7 Å². The van der Waals surface area contributed by atoms with Gasteiger partial charge in [0.1, 0.15) is 11.5 Å². The van der Waals surface area contributed by atoms with Crippen LogP contribution in [0.15, 0.2) is 61.2 Å². The molecular formula is C18H18N4O. The first-order valence-corrected chi connectivity index (χ1v) is 7.56. The molecule has 1 amide bonds. The second kappa shape index (κ2) is 6.87. The molecule has 1 N–H and O–H groups in total. The summed E-state index contributed by atoms with van der Waals surface area (Å²) in [5, 5.41) is 2.86. The van der Waals surface area contributed by atoms with Gasteiger partial charge in [0.15, 0.2) is 0 Å². The summed E-state index contributed by atoms with van der Waals surface area (Å²) in [6, 6.07) is 11.4. The van der Waals surface area contributed by atoms with Crippen molar-refractivity contribution in [2.45, 2.75) is 19.9 Å². The second-order valence-corrected chi connectivity index (χ2v) is 5.23. The largest absolute Gasteiger partial charge is 0.339 e. The van der Waals surface area contributed by atoms with E-state index in [4.69, 9.17) is 0 Å². The van der Waals surface area contributed by atoms with E-state index in [0.29, 0.717) is 18.1 Å². The molecule has 0 aliphatic carbocycles. The fourth-order valence-electron chi connectivity index (χ4n) is 2.39. The average molecular weight is 306 g/mol. The molecule has 3 heterocycles. The van der Waals surface area contributed by atoms with Gasteiger partial charge < -0.3 is 9.88 Å². The Morgan fingerprint density at radius 3 is 2.70 bits per heavy atom. The van der Waals surface area contributed by atoms with Crippen molar-refractivity contribution in [3.05, 3.63) is 78.0 Å². The van der Waals surface area contributed by atoms with Gasteiger partial charge in [-0.05, 0) is 53.9 Å². The van der Waals surface area contributed by atoms with Crippen molar-refractivity contribution in [2.75, 3.05) is 5.32 Å². The van der Waals surface area contributed by atoms with Crippen LogP contribution in [0.2, 0.25) is 0 Å². The quantitative estimate of drug-likeness (QED) is 0.788. The van der Waals surface area contributed by atoms with Crippen LogP contribution >= 0.6 is 0 Å². The van der Waals surface area contributed by atoms with Crippen LogP contribution in [0.4, 0.5) is 5.82 Å². The highest BCUT2D eigenvalue weighted by molar-refractivity contribution is 6.02. The number of rotatable bonds is 5. The molecule has 0 saturated heterocycles. The molecule has 23 heavy (non-hydrogen) atoms. The third kappa shape index (κ3) is 3.63. The van der Waals surface area contributed by atoms with Crippen molar-refractivity contribution >= 4 is 11.7 Å². The van der Waals surface area contributed by atoms with Crippen LogP contribution in [0.25, 0.3) is 0 Å². The first-order chi connectivity index (χ1) is 11.3. The van der Waals surface area contributed by atoms with E-state index in [1.165, 1.54) is 0 Å². The molecule has 5 nitrogen and oxygen atoms in total. The second-order valence-electron chi connectivity index (χ2n) is 5.23. The summed E-state index contributed by atoms with van der Waals surface area (Å²) in [7, 11) is 0. The summed E-state index contributed by atoms with van der Waals surface area (Å²) >= 11 is 0. The Hall–Kier alpha value is -2.95. The predicted octanol–water partition coefficient (Wildman–Crippen LogP) is 3.14. The summed E-state index contributed by atoms with van der Waals surface area (Å²) in [6.07, 6.45) is 8.01. The van der Waals surface area contributed by atoms with Gasteiger partial charge in [-0.15, -0.1) is 0 Å². The molecule has 3 aromatic heterocycles. The fourth-order valence-corrected chi connectivity index (χ4v) is 2.39. The lowest BCUT2D eigenvalue weighted by molar-refractivity contribution is 0.101. The standard InChI is InChI=1S/C18H18N4O/c1-2-14-7-10-20-17(12-14)21-18(23)16-4-3-11-22(16)13-15-5-8-19-9-6-15/h3-12H,2,13H2,1H3,(H,20,21,23). The summed E-state index contributed by atoms with van der Waals surface area (Å²) in [5.74, 6) is 0.413. The highest BCUT2D eigenvalue weighted by Crippen LogP contribution is 2.12. The molecule has 0 bridgehead atoms. The van der Waals surface area contributed by atoms with E-state index >= 15 is 0 Å². The maximum Gasteiger partial charge on any atom is 0.273 e. The Balaban J connectivity index is 1.76. The van der Waals surface area contributed by atoms with Crippen molar-refractivity contribution < 1.29 is 4.79 Å². The number of carbonyl (C=O) groups is 1. The van der Waals surface area contributed by atoms with Crippen LogP contribution in [0, 0.1) is 0 Å². The number of hydrogen-bond acceptors (Lipinski definition) is 3. The number of pyridine rings is 2. The number of aryl methyl sites for hydroxylation is 1. The minimum absolute atomic E-state index is 0.162. The summed E-state index contributed by atoms with van der Waals surface area (Å²) < 4.78 is 1.91. The molecule has 0 aliphatic heterocycles. The van der Waals surface area contributed by atoms with Crippen LogP contribution < -0.4 is 5.32 Å². The van der Waals surface area contributed by atoms with Gasteiger partial charge >= 0.3 is 0 Å². The zero-order valence-corrected chi connectivity index (χ0v) is 12.9. The maximum absolute atomic E-state index is 12.5. The molecule has 0 atom stereocenters. The monoisotopic (exact) mass is 306 g/mol. The van der Waals surface area contributed by atoms with Crippen molar-refractivity contribution in [3.8, 4) is 0 Å². The molecule has 3 aromatic rings. The third-order valence-electron chi connectivity index (χ3n) is 3.64. The Morgan fingerprint density at radius 2 is 1.91 bits per heavy atom. The number of hydrogen-bond donors (Lipinski definition) is 1. The number of nitrogens with one attached hydrogen (secondary N) is 1. The van der Waals surface area contributed by atoms with E-state index in [2.05, 4.69) is 22.2 Å². The molecule has 0 radical (unpaired) electrons. The van der Waals surface area contributed by atoms with Gasteiger partial charge in [-0.1, -0.05) is 6.92 Å². The maximum atomic E-state index is 12.5. The molecule has 0 fully saturated rings. The van der Waals surface area contributed by atoms with E-state index < -0.39 is 0 Å². The minimum Gasteiger partial charge on any atom is -0.339 e. The molecule has 116 valence electrons. The number of nitrogens with zero attached hydrogens (tertiary/aromatic N) is 3. The van der Waals surface area contributed by atoms with Crippen molar-refractivity contribution in [3.63, 3.8) is 0 Å². The Labute approximate surface area is 135 Å². The molecule has 5 heteroatoms. The molecule has 0 saturated carbocycles. The van der Waals surface area contributed by atoms with Crippen LogP contribution in [-0.4, -0.2) is 20.4 Å². The van der Waals surface area contributed by atoms with Gasteiger partial charge in [0.05, 0.1) is 0 Å². The highest BCUT2D eigenvalue weighted by atomic mass is 16.2. The van der Waals surface area contributed by atoms with Gasteiger partial charge in [-0.25, -0.2) is 4.98 Å². The lowest BCUT2D eigenvalue weighted by Gasteiger charge is -2.10. The molecule has 0 aliphatic rings. The normalized spacial score (nSPS) is 10.5. The SMILES string of the molecule is CCc1ccnc(NC(=O)c2cccn2Cc2ccncc2)c1. The lowest BCUT2D eigenvalue weighted by Crippen LogP contribution is -2.18. The zero-order valence-electron chi connectivity index (χ0n) is 12.9. The van der Waals surface area contributed by atoms with Crippen molar-refractivity contribution in [1.82, 2.24) is 14.5 Å². The van der Waals surface area contributed by atoms with E-state index in [-0.39, 0.29) is 5.91 Å². The smallest absolute Gasteiger partial charge is 0.273 e. The summed E-state index contributed by atoms with van der Waals surface area (Å²) in [5.41, 5.74) is 2.84. The van der Waals surface area contributed by atoms with E-state index in [9.17, 15) is 4.79 Å². The number of aromatic nitrogens is 3. The van der Waals surface area contributed by atoms with Crippen LogP contribution in [0.1, 0.15) is 28.5 Å². The van der Waals surface area contributed by atoms with Crippen molar-refractivity contribution in [1.29, 1.82) is 0 Å². The average Bonchev–Trinajstić information content (AvgIpc) is 3.04. The Kier molecular flexibility index (Phi) is 4.47. The molecule has 0 aromatic carbocycles. The first kappa shape index (κ1) is 15.0. The molecule has 0 unspecified atom stereocenters. The summed E-state index contributed by atoms with van der Waals surface area (Å²) in [4.78, 5) is 20.7. The van der Waals surface area contributed by atoms with E-state index in [1.807, 2.05) is 41.1 Å². The molecular weight excluding hydrogens is 288 g/mol. The fraction of sp³-hybridized carbons (Fsp3) is 0.167. The summed E-state index contributed by atoms with van der Waals surface area (Å²) in [6.45, 7) is 2.70. The Bertz CT molecular complexity index is 796. The van der Waals surface area contributed by atoms with Gasteiger partial charge in [-0.3, -0.25) is 9.78 Å². The predicted molar refractivity (Wildman–Crippen MR) is 89.3 cm³/mol. The zero-order chi connectivity index (χ0) is 16.1. The number of anilines is 1. The van der Waals surface area contributed by atoms with Crippen LogP contribution in [-0.2, 0) is 13.0 Å². The minimum atomic E-state index is -0.162. The highest BCUT2D eigenvalue weighted by Gasteiger charge is 2.12. The van der Waals surface area contributed by atoms with Crippen LogP contribution in [0.5, 0.6) is 0 Å². The number of amides is 1. The van der Waals surface area contributed by atoms with Gasteiger partial charge in [0, 0.05) is 31.3 Å². The number of carbonyl (C=O) groups excluding carboxylic acids is 1. The topological polar surface area (TPSA) is 59.8 Å². The van der Waals surface area contributed by atoms with Gasteiger partial charge in [0.25, 0.3) is 5.91 Å². The Morgan fingerprint density at radius 1 is 1.13 bits per heavy atom. The van der Waals surface area contributed by atoms with Crippen molar-refractivity contribution in [2.24, 2.45) is 0 Å².